The first-order valence-corrected chi connectivity index (χ1v) is 4.28. The fraction of sp³-hybridized carbons (Fsp3) is 0.889. The van der Waals surface area contributed by atoms with Gasteiger partial charge in [-0.2, -0.15) is 0 Å². The van der Waals surface area contributed by atoms with E-state index in [9.17, 15) is 4.79 Å². The van der Waals surface area contributed by atoms with E-state index >= 15 is 0 Å². The van der Waals surface area contributed by atoms with E-state index in [1.165, 1.54) is 0 Å². The summed E-state index contributed by atoms with van der Waals surface area (Å²) in [6, 6.07) is 0. The minimum atomic E-state index is -0.138. The number of nitrogens with zero attached hydrogens (tertiary/aromatic N) is 1. The molecule has 0 aromatic rings. The molecule has 0 aromatic carbocycles. The van der Waals surface area contributed by atoms with Gasteiger partial charge in [0.1, 0.15) is 0 Å². The van der Waals surface area contributed by atoms with Crippen molar-refractivity contribution in [2.24, 2.45) is 0 Å². The lowest BCUT2D eigenvalue weighted by atomic mass is 10.1. The Morgan fingerprint density at radius 3 is 2.17 bits per heavy atom. The molecule has 0 saturated carbocycles. The number of aliphatic hydroxyl groups is 1. The molecule has 0 unspecified atom stereocenters. The lowest BCUT2D eigenvalue weighted by molar-refractivity contribution is -0.133. The van der Waals surface area contributed by atoms with E-state index in [4.69, 9.17) is 5.11 Å². The molecule has 0 spiro atoms. The van der Waals surface area contributed by atoms with Crippen LogP contribution in [0.25, 0.3) is 0 Å². The molecule has 0 aliphatic heterocycles. The molecule has 0 atom stereocenters. The van der Waals surface area contributed by atoms with Crippen LogP contribution in [0.5, 0.6) is 0 Å². The highest BCUT2D eigenvalue weighted by atomic mass is 16.3. The summed E-state index contributed by atoms with van der Waals surface area (Å²) >= 11 is 0. The predicted molar refractivity (Wildman–Crippen MR) is 48.8 cm³/mol. The van der Waals surface area contributed by atoms with Gasteiger partial charge in [-0.1, -0.05) is 0 Å². The monoisotopic (exact) mass is 173 g/mol. The molecule has 72 valence electrons. The van der Waals surface area contributed by atoms with Crippen molar-refractivity contribution in [3.05, 3.63) is 0 Å². The lowest BCUT2D eigenvalue weighted by Gasteiger charge is -2.34. The average molecular weight is 173 g/mol. The molecule has 3 nitrogen and oxygen atoms in total. The van der Waals surface area contributed by atoms with Crippen molar-refractivity contribution in [2.45, 2.75) is 39.7 Å². The maximum absolute atomic E-state index is 11.1. The molecule has 3 heteroatoms. The quantitative estimate of drug-likeness (QED) is 0.692. The van der Waals surface area contributed by atoms with E-state index in [0.717, 1.165) is 0 Å². The second-order valence-electron chi connectivity index (χ2n) is 3.92. The minimum absolute atomic E-state index is 0.0657. The van der Waals surface area contributed by atoms with E-state index in [1.54, 1.807) is 11.8 Å². The van der Waals surface area contributed by atoms with Crippen molar-refractivity contribution in [2.75, 3.05) is 13.2 Å². The van der Waals surface area contributed by atoms with Gasteiger partial charge in [-0.25, -0.2) is 0 Å². The number of amides is 1. The topological polar surface area (TPSA) is 40.5 Å². The van der Waals surface area contributed by atoms with E-state index in [2.05, 4.69) is 0 Å². The Hall–Kier alpha value is -0.570. The molecule has 0 aliphatic carbocycles. The normalized spacial score (nSPS) is 11.4. The maximum atomic E-state index is 11.1. The zero-order chi connectivity index (χ0) is 9.78. The summed E-state index contributed by atoms with van der Waals surface area (Å²) < 4.78 is 0. The molecule has 0 bridgehead atoms. The van der Waals surface area contributed by atoms with Crippen LogP contribution >= 0.6 is 0 Å². The van der Waals surface area contributed by atoms with Crippen LogP contribution in [0.15, 0.2) is 0 Å². The summed E-state index contributed by atoms with van der Waals surface area (Å²) in [5, 5.41) is 8.62. The van der Waals surface area contributed by atoms with Crippen molar-refractivity contribution < 1.29 is 9.90 Å². The third-order valence-corrected chi connectivity index (χ3v) is 1.73. The summed E-state index contributed by atoms with van der Waals surface area (Å²) in [6.07, 6.45) is 0.650. The largest absolute Gasteiger partial charge is 0.396 e. The smallest absolute Gasteiger partial charge is 0.219 e. The standard InChI is InChI=1S/C9H19NO2/c1-8(12)10(6-5-7-11)9(2,3)4/h11H,5-7H2,1-4H3. The van der Waals surface area contributed by atoms with Gasteiger partial charge in [0.2, 0.25) is 5.91 Å². The van der Waals surface area contributed by atoms with Crippen molar-refractivity contribution in [1.29, 1.82) is 0 Å². The predicted octanol–water partition coefficient (Wildman–Crippen LogP) is 1.02. The van der Waals surface area contributed by atoms with Gasteiger partial charge < -0.3 is 10.0 Å². The molecular weight excluding hydrogens is 154 g/mol. The van der Waals surface area contributed by atoms with E-state index in [0.29, 0.717) is 13.0 Å². The average Bonchev–Trinajstić information content (AvgIpc) is 1.84. The molecule has 0 fully saturated rings. The van der Waals surface area contributed by atoms with Gasteiger partial charge in [-0.15, -0.1) is 0 Å². The molecule has 0 aromatic heterocycles. The summed E-state index contributed by atoms with van der Waals surface area (Å²) in [6.45, 7) is 8.31. The van der Waals surface area contributed by atoms with Crippen molar-refractivity contribution in [3.63, 3.8) is 0 Å². The number of aliphatic hydroxyl groups excluding tert-OH is 1. The fourth-order valence-electron chi connectivity index (χ4n) is 1.19. The lowest BCUT2D eigenvalue weighted by Crippen LogP contribution is -2.45. The van der Waals surface area contributed by atoms with Gasteiger partial charge in [0, 0.05) is 25.6 Å². The Morgan fingerprint density at radius 1 is 1.42 bits per heavy atom. The first-order valence-electron chi connectivity index (χ1n) is 4.28. The van der Waals surface area contributed by atoms with Crippen molar-refractivity contribution >= 4 is 5.91 Å². The minimum Gasteiger partial charge on any atom is -0.396 e. The zero-order valence-corrected chi connectivity index (χ0v) is 8.42. The number of hydrogen-bond donors (Lipinski definition) is 1. The van der Waals surface area contributed by atoms with Crippen LogP contribution in [0.1, 0.15) is 34.1 Å². The van der Waals surface area contributed by atoms with Crippen LogP contribution in [0.2, 0.25) is 0 Å². The van der Waals surface area contributed by atoms with Crippen LogP contribution < -0.4 is 0 Å². The SMILES string of the molecule is CC(=O)N(CCCO)C(C)(C)C. The second-order valence-corrected chi connectivity index (χ2v) is 3.92. The van der Waals surface area contributed by atoms with E-state index < -0.39 is 0 Å². The van der Waals surface area contributed by atoms with Crippen LogP contribution in [-0.4, -0.2) is 34.6 Å². The fourth-order valence-corrected chi connectivity index (χ4v) is 1.19. The summed E-state index contributed by atoms with van der Waals surface area (Å²) in [5.74, 6) is 0.0657. The van der Waals surface area contributed by atoms with Crippen molar-refractivity contribution in [3.8, 4) is 0 Å². The number of hydrogen-bond acceptors (Lipinski definition) is 2. The molecule has 0 heterocycles. The molecule has 0 radical (unpaired) electrons. The Labute approximate surface area is 74.4 Å². The number of carbonyl (C=O) groups excluding carboxylic acids is 1. The molecule has 0 aliphatic rings. The second kappa shape index (κ2) is 4.45. The van der Waals surface area contributed by atoms with Crippen LogP contribution in [0, 0.1) is 0 Å². The summed E-state index contributed by atoms with van der Waals surface area (Å²) in [4.78, 5) is 12.9. The van der Waals surface area contributed by atoms with Crippen LogP contribution in [-0.2, 0) is 4.79 Å². The highest BCUT2D eigenvalue weighted by molar-refractivity contribution is 5.74. The Balaban J connectivity index is 4.15. The summed E-state index contributed by atoms with van der Waals surface area (Å²) in [5.41, 5.74) is -0.138. The zero-order valence-electron chi connectivity index (χ0n) is 8.42. The number of carbonyl (C=O) groups is 1. The third-order valence-electron chi connectivity index (χ3n) is 1.73. The summed E-state index contributed by atoms with van der Waals surface area (Å²) in [7, 11) is 0. The van der Waals surface area contributed by atoms with E-state index in [-0.39, 0.29) is 18.1 Å². The first kappa shape index (κ1) is 11.4. The van der Waals surface area contributed by atoms with Crippen molar-refractivity contribution in [1.82, 2.24) is 4.90 Å². The van der Waals surface area contributed by atoms with Gasteiger partial charge in [0.05, 0.1) is 0 Å². The highest BCUT2D eigenvalue weighted by Crippen LogP contribution is 2.13. The van der Waals surface area contributed by atoms with Gasteiger partial charge in [-0.3, -0.25) is 4.79 Å². The molecule has 1 amide bonds. The van der Waals surface area contributed by atoms with Gasteiger partial charge in [0.15, 0.2) is 0 Å². The number of rotatable bonds is 3. The Morgan fingerprint density at radius 2 is 1.92 bits per heavy atom. The van der Waals surface area contributed by atoms with Gasteiger partial charge >= 0.3 is 0 Å². The van der Waals surface area contributed by atoms with Gasteiger partial charge in [0.25, 0.3) is 0 Å². The third kappa shape index (κ3) is 3.72. The highest BCUT2D eigenvalue weighted by Gasteiger charge is 2.22. The molecular formula is C9H19NO2. The van der Waals surface area contributed by atoms with Gasteiger partial charge in [-0.05, 0) is 27.2 Å². The molecule has 1 N–H and O–H groups in total. The Kier molecular flexibility index (Phi) is 4.24. The first-order chi connectivity index (χ1) is 5.39. The van der Waals surface area contributed by atoms with Crippen LogP contribution in [0.3, 0.4) is 0 Å². The Bertz CT molecular complexity index is 149. The van der Waals surface area contributed by atoms with Crippen LogP contribution in [0.4, 0.5) is 0 Å². The molecule has 12 heavy (non-hydrogen) atoms. The van der Waals surface area contributed by atoms with E-state index in [1.807, 2.05) is 20.8 Å². The molecule has 0 saturated heterocycles. The maximum Gasteiger partial charge on any atom is 0.219 e. The molecule has 0 rings (SSSR count).